The highest BCUT2D eigenvalue weighted by atomic mass is 16.5. The number of ether oxygens (including phenoxy) is 1. The fraction of sp³-hybridized carbons (Fsp3) is 0.875. The fourth-order valence-corrected chi connectivity index (χ4v) is 0.744. The average molecular weight is 200 g/mol. The first kappa shape index (κ1) is 12.7. The highest BCUT2D eigenvalue weighted by Gasteiger charge is 2.22. The van der Waals surface area contributed by atoms with Gasteiger partial charge in [-0.3, -0.25) is 0 Å². The third-order valence-electron chi connectivity index (χ3n) is 1.49. The van der Waals surface area contributed by atoms with E-state index >= 15 is 0 Å². The van der Waals surface area contributed by atoms with Crippen molar-refractivity contribution in [3.63, 3.8) is 0 Å². The first-order chi connectivity index (χ1) is 6.63. The second-order valence-corrected chi connectivity index (χ2v) is 2.96. The first-order valence-corrected chi connectivity index (χ1v) is 4.47. The summed E-state index contributed by atoms with van der Waals surface area (Å²) in [5.74, 6) is -0.376. The van der Waals surface area contributed by atoms with Crippen LogP contribution in [0.5, 0.6) is 0 Å². The highest BCUT2D eigenvalue weighted by molar-refractivity contribution is 5.75. The van der Waals surface area contributed by atoms with Gasteiger partial charge in [0, 0.05) is 0 Å². The van der Waals surface area contributed by atoms with Crippen LogP contribution in [0.1, 0.15) is 20.8 Å². The van der Waals surface area contributed by atoms with E-state index < -0.39 is 12.0 Å². The molecule has 80 valence electrons. The lowest BCUT2D eigenvalue weighted by molar-refractivity contribution is -0.143. The predicted octanol–water partition coefficient (Wildman–Crippen LogP) is 2.02. The molecule has 0 aliphatic heterocycles. The number of rotatable bonds is 5. The molecule has 0 radical (unpaired) electrons. The van der Waals surface area contributed by atoms with Crippen LogP contribution in [0.4, 0.5) is 0 Å². The zero-order valence-corrected chi connectivity index (χ0v) is 8.97. The number of hydrogen-bond donors (Lipinski definition) is 0. The van der Waals surface area contributed by atoms with Crippen LogP contribution >= 0.6 is 0 Å². The smallest absolute Gasteiger partial charge is 0.332 e. The van der Waals surface area contributed by atoms with Crippen molar-refractivity contribution in [2.45, 2.75) is 26.8 Å². The molecule has 0 saturated carbocycles. The molecule has 0 unspecified atom stereocenters. The Bertz CT molecular complexity index is 225. The molecule has 0 rings (SSSR count). The summed E-state index contributed by atoms with van der Waals surface area (Å²) in [4.78, 5) is 11.2. The molecule has 0 heterocycles. The van der Waals surface area contributed by atoms with E-state index in [4.69, 9.17) is 0 Å². The van der Waals surface area contributed by atoms with Crippen LogP contribution in [0.15, 0.2) is 20.7 Å². The molecule has 0 aromatic heterocycles. The monoisotopic (exact) mass is 200 g/mol. The van der Waals surface area contributed by atoms with Crippen molar-refractivity contribution >= 4 is 5.97 Å². The summed E-state index contributed by atoms with van der Waals surface area (Å²) in [6.45, 7) is 6.10. The van der Waals surface area contributed by atoms with Crippen LogP contribution in [-0.2, 0) is 9.53 Å². The van der Waals surface area contributed by atoms with Gasteiger partial charge in [0.1, 0.15) is 0 Å². The van der Waals surface area contributed by atoms with Gasteiger partial charge in [-0.05, 0) is 23.3 Å². The third-order valence-corrected chi connectivity index (χ3v) is 1.49. The molecule has 0 aliphatic rings. The second-order valence-electron chi connectivity index (χ2n) is 2.96. The van der Waals surface area contributed by atoms with Crippen molar-refractivity contribution in [1.82, 2.24) is 0 Å². The molecule has 0 aromatic carbocycles. The average Bonchev–Trinajstić information content (AvgIpc) is 2.16. The quantitative estimate of drug-likeness (QED) is 0.386. The van der Waals surface area contributed by atoms with Crippen LogP contribution in [0.3, 0.4) is 0 Å². The Morgan fingerprint density at radius 3 is 2.43 bits per heavy atom. The van der Waals surface area contributed by atoms with Gasteiger partial charge in [0.15, 0.2) is 6.04 Å². The van der Waals surface area contributed by atoms with E-state index in [0.29, 0.717) is 6.54 Å². The molecule has 6 heteroatoms. The number of carbonyl (C=O) groups excluding carboxylic acids is 1. The molecule has 14 heavy (non-hydrogen) atoms. The van der Waals surface area contributed by atoms with Crippen LogP contribution in [0.25, 0.3) is 0 Å². The molecule has 1 atom stereocenters. The molecular weight excluding hydrogens is 184 g/mol. The van der Waals surface area contributed by atoms with Gasteiger partial charge in [-0.1, -0.05) is 13.8 Å². The third kappa shape index (κ3) is 4.64. The van der Waals surface area contributed by atoms with E-state index in [1.807, 2.05) is 20.8 Å². The van der Waals surface area contributed by atoms with E-state index in [0.717, 1.165) is 0 Å². The molecular formula is C8H16N4O2. The SMILES string of the molecule is CCN=NN=N[C@@H](C(=O)OC)C(C)C. The minimum absolute atomic E-state index is 0.0306. The van der Waals surface area contributed by atoms with Crippen LogP contribution in [0.2, 0.25) is 0 Å². The van der Waals surface area contributed by atoms with Gasteiger partial charge >= 0.3 is 5.97 Å². The highest BCUT2D eigenvalue weighted by Crippen LogP contribution is 2.08. The Kier molecular flexibility index (Phi) is 6.43. The molecule has 0 saturated heterocycles. The van der Waals surface area contributed by atoms with Gasteiger partial charge in [0.05, 0.1) is 13.7 Å². The van der Waals surface area contributed by atoms with Gasteiger partial charge < -0.3 is 4.74 Å². The summed E-state index contributed by atoms with van der Waals surface area (Å²) in [6.07, 6.45) is 0. The summed E-state index contributed by atoms with van der Waals surface area (Å²) in [5.41, 5.74) is 0. The minimum atomic E-state index is -0.601. The second kappa shape index (κ2) is 7.11. The minimum Gasteiger partial charge on any atom is -0.467 e. The lowest BCUT2D eigenvalue weighted by Crippen LogP contribution is -2.25. The molecule has 0 amide bonds. The number of methoxy groups -OCH3 is 1. The zero-order chi connectivity index (χ0) is 11.0. The standard InChI is InChI=1S/C8H16N4O2/c1-5-9-11-12-10-7(6(2)3)8(13)14-4/h6-7H,5H2,1-4H3/t7-/m1/s1. The Morgan fingerprint density at radius 1 is 1.36 bits per heavy atom. The number of hydrogen-bond acceptors (Lipinski definition) is 4. The lowest BCUT2D eigenvalue weighted by atomic mass is 10.1. The Balaban J connectivity index is 4.30. The number of nitrogens with zero attached hydrogens (tertiary/aromatic N) is 4. The van der Waals surface area contributed by atoms with Crippen molar-refractivity contribution in [3.05, 3.63) is 0 Å². The van der Waals surface area contributed by atoms with Gasteiger partial charge in [0.25, 0.3) is 0 Å². The normalized spacial score (nSPS) is 14.1. The van der Waals surface area contributed by atoms with Crippen molar-refractivity contribution in [2.24, 2.45) is 26.6 Å². The first-order valence-electron chi connectivity index (χ1n) is 4.47. The maximum Gasteiger partial charge on any atom is 0.332 e. The van der Waals surface area contributed by atoms with Crippen LogP contribution in [-0.4, -0.2) is 25.7 Å². The Labute approximate surface area is 83.4 Å². The molecule has 0 N–H and O–H groups in total. The molecule has 6 nitrogen and oxygen atoms in total. The van der Waals surface area contributed by atoms with Crippen molar-refractivity contribution < 1.29 is 9.53 Å². The topological polar surface area (TPSA) is 75.7 Å². The largest absolute Gasteiger partial charge is 0.467 e. The maximum atomic E-state index is 11.2. The Hall–Kier alpha value is -1.33. The van der Waals surface area contributed by atoms with Gasteiger partial charge in [-0.25, -0.2) is 4.79 Å². The number of esters is 1. The molecule has 0 spiro atoms. The van der Waals surface area contributed by atoms with Crippen molar-refractivity contribution in [3.8, 4) is 0 Å². The molecule has 0 aliphatic carbocycles. The van der Waals surface area contributed by atoms with Gasteiger partial charge in [0.2, 0.25) is 0 Å². The van der Waals surface area contributed by atoms with E-state index in [1.165, 1.54) is 7.11 Å². The van der Waals surface area contributed by atoms with Crippen LogP contribution in [0, 0.1) is 5.92 Å². The number of carbonyl (C=O) groups is 1. The van der Waals surface area contributed by atoms with Crippen molar-refractivity contribution in [2.75, 3.05) is 13.7 Å². The summed E-state index contributed by atoms with van der Waals surface area (Å²) in [6, 6.07) is -0.601. The molecule has 0 aromatic rings. The maximum absolute atomic E-state index is 11.2. The van der Waals surface area contributed by atoms with Crippen LogP contribution < -0.4 is 0 Å². The van der Waals surface area contributed by atoms with E-state index in [-0.39, 0.29) is 5.92 Å². The van der Waals surface area contributed by atoms with Gasteiger partial charge in [-0.2, -0.15) is 10.2 Å². The Morgan fingerprint density at radius 2 is 2.00 bits per heavy atom. The summed E-state index contributed by atoms with van der Waals surface area (Å²) < 4.78 is 4.57. The summed E-state index contributed by atoms with van der Waals surface area (Å²) >= 11 is 0. The van der Waals surface area contributed by atoms with E-state index in [1.54, 1.807) is 0 Å². The lowest BCUT2D eigenvalue weighted by Gasteiger charge is -2.10. The molecule has 0 fully saturated rings. The van der Waals surface area contributed by atoms with Crippen molar-refractivity contribution in [1.29, 1.82) is 0 Å². The predicted molar refractivity (Wildman–Crippen MR) is 50.9 cm³/mol. The van der Waals surface area contributed by atoms with Gasteiger partial charge in [-0.15, -0.1) is 0 Å². The fourth-order valence-electron chi connectivity index (χ4n) is 0.744. The zero-order valence-electron chi connectivity index (χ0n) is 8.97. The summed E-state index contributed by atoms with van der Waals surface area (Å²) in [5, 5.41) is 14.2. The molecule has 0 bridgehead atoms. The van der Waals surface area contributed by atoms with E-state index in [2.05, 4.69) is 25.4 Å². The summed E-state index contributed by atoms with van der Waals surface area (Å²) in [7, 11) is 1.32. The van der Waals surface area contributed by atoms with E-state index in [9.17, 15) is 4.79 Å².